The highest BCUT2D eigenvalue weighted by Gasteiger charge is 2.31. The second kappa shape index (κ2) is 5.05. The Bertz CT molecular complexity index is 535. The third kappa shape index (κ3) is 2.69. The third-order valence-corrected chi connectivity index (χ3v) is 5.20. The summed E-state index contributed by atoms with van der Waals surface area (Å²) in [6, 6.07) is 0. The van der Waals surface area contributed by atoms with Gasteiger partial charge in [-0.15, -0.1) is 0 Å². The van der Waals surface area contributed by atoms with Crippen LogP contribution in [0.5, 0.6) is 0 Å². The first-order valence-electron chi connectivity index (χ1n) is 5.68. The predicted molar refractivity (Wildman–Crippen MR) is 66.8 cm³/mol. The highest BCUT2D eigenvalue weighted by atomic mass is 32.2. The Morgan fingerprint density at radius 2 is 2.33 bits per heavy atom. The van der Waals surface area contributed by atoms with Gasteiger partial charge >= 0.3 is 0 Å². The predicted octanol–water partition coefficient (Wildman–Crippen LogP) is 0.646. The largest absolute Gasteiger partial charge is 0.366 e. The van der Waals surface area contributed by atoms with Crippen LogP contribution in [0.25, 0.3) is 0 Å². The molecule has 0 saturated carbocycles. The van der Waals surface area contributed by atoms with Gasteiger partial charge in [0.05, 0.1) is 17.2 Å². The Morgan fingerprint density at radius 1 is 1.56 bits per heavy atom. The second-order valence-electron chi connectivity index (χ2n) is 4.15. The summed E-state index contributed by atoms with van der Waals surface area (Å²) in [7, 11) is -1.41. The first-order valence-corrected chi connectivity index (χ1v) is 7.40. The summed E-state index contributed by atoms with van der Waals surface area (Å²) in [5, 5.41) is 4.98. The topological polar surface area (TPSA) is 84.0 Å². The van der Waals surface area contributed by atoms with Crippen LogP contribution in [0.1, 0.15) is 12.8 Å². The van der Waals surface area contributed by atoms with Crippen molar-refractivity contribution in [2.75, 3.05) is 30.0 Å². The lowest BCUT2D eigenvalue weighted by Gasteiger charge is -2.12. The first-order chi connectivity index (χ1) is 8.53. The summed E-state index contributed by atoms with van der Waals surface area (Å²) in [5.74, 6) is -0.0677. The minimum absolute atomic E-state index is 0.0245. The quantitative estimate of drug-likeness (QED) is 0.838. The summed E-state index contributed by atoms with van der Waals surface area (Å²) in [6.07, 6.45) is 2.33. The minimum Gasteiger partial charge on any atom is -0.366 e. The van der Waals surface area contributed by atoms with Gasteiger partial charge in [-0.2, -0.15) is 4.98 Å². The van der Waals surface area contributed by atoms with Gasteiger partial charge in [-0.05, 0) is 12.8 Å². The van der Waals surface area contributed by atoms with Gasteiger partial charge in [-0.25, -0.2) is 17.8 Å². The molecule has 1 atom stereocenters. The molecule has 6 nitrogen and oxygen atoms in total. The fourth-order valence-corrected chi connectivity index (χ4v) is 3.67. The molecule has 2 N–H and O–H groups in total. The molecule has 8 heteroatoms. The van der Waals surface area contributed by atoms with Crippen molar-refractivity contribution in [3.63, 3.8) is 0 Å². The Kier molecular flexibility index (Phi) is 3.65. The normalized spacial score (nSPS) is 21.8. The van der Waals surface area contributed by atoms with Crippen molar-refractivity contribution in [3.8, 4) is 0 Å². The van der Waals surface area contributed by atoms with Crippen LogP contribution in [-0.2, 0) is 9.84 Å². The molecule has 1 aliphatic heterocycles. The monoisotopic (exact) mass is 274 g/mol. The fourth-order valence-electron chi connectivity index (χ4n) is 1.91. The maximum absolute atomic E-state index is 13.4. The zero-order valence-corrected chi connectivity index (χ0v) is 10.8. The van der Waals surface area contributed by atoms with Crippen LogP contribution in [0.3, 0.4) is 0 Å². The fraction of sp³-hybridized carbons (Fsp3) is 0.600. The van der Waals surface area contributed by atoms with E-state index in [1.807, 2.05) is 0 Å². The maximum atomic E-state index is 13.4. The summed E-state index contributed by atoms with van der Waals surface area (Å²) in [4.78, 5) is 7.61. The van der Waals surface area contributed by atoms with Gasteiger partial charge in [0.2, 0.25) is 5.95 Å². The highest BCUT2D eigenvalue weighted by molar-refractivity contribution is 7.92. The van der Waals surface area contributed by atoms with Crippen molar-refractivity contribution in [3.05, 3.63) is 12.0 Å². The molecule has 1 fully saturated rings. The van der Waals surface area contributed by atoms with Gasteiger partial charge in [0, 0.05) is 13.6 Å². The molecule has 0 amide bonds. The van der Waals surface area contributed by atoms with E-state index in [0.717, 1.165) is 6.20 Å². The molecule has 1 aromatic rings. The smallest absolute Gasteiger partial charge is 0.224 e. The van der Waals surface area contributed by atoms with E-state index in [0.29, 0.717) is 12.8 Å². The molecule has 1 saturated heterocycles. The minimum atomic E-state index is -3.03. The summed E-state index contributed by atoms with van der Waals surface area (Å²) in [5.41, 5.74) is 0. The van der Waals surface area contributed by atoms with Crippen molar-refractivity contribution in [2.45, 2.75) is 18.1 Å². The zero-order valence-electron chi connectivity index (χ0n) is 9.98. The number of nitrogens with one attached hydrogen (secondary N) is 2. The van der Waals surface area contributed by atoms with Crippen LogP contribution >= 0.6 is 0 Å². The number of hydrogen-bond donors (Lipinski definition) is 2. The molecule has 0 aromatic carbocycles. The number of rotatable bonds is 4. The Balaban J connectivity index is 2.06. The highest BCUT2D eigenvalue weighted by Crippen LogP contribution is 2.21. The number of nitrogens with zero attached hydrogens (tertiary/aromatic N) is 2. The van der Waals surface area contributed by atoms with E-state index in [4.69, 9.17) is 0 Å². The van der Waals surface area contributed by atoms with Crippen molar-refractivity contribution in [2.24, 2.45) is 0 Å². The van der Waals surface area contributed by atoms with E-state index in [1.54, 1.807) is 7.05 Å². The van der Waals surface area contributed by atoms with Crippen molar-refractivity contribution < 1.29 is 12.8 Å². The summed E-state index contributed by atoms with van der Waals surface area (Å²) < 4.78 is 36.6. The van der Waals surface area contributed by atoms with Gasteiger partial charge in [0.1, 0.15) is 0 Å². The van der Waals surface area contributed by atoms with E-state index in [9.17, 15) is 12.8 Å². The number of sulfone groups is 1. The maximum Gasteiger partial charge on any atom is 0.224 e. The molecule has 1 aromatic heterocycles. The SMILES string of the molecule is CNc1ncc(F)c(NCC2CCCS2(=O)=O)n1. The lowest BCUT2D eigenvalue weighted by atomic mass is 10.2. The number of aromatic nitrogens is 2. The average molecular weight is 274 g/mol. The van der Waals surface area contributed by atoms with Crippen LogP contribution in [-0.4, -0.2) is 43.0 Å². The Morgan fingerprint density at radius 3 is 2.94 bits per heavy atom. The van der Waals surface area contributed by atoms with E-state index >= 15 is 0 Å². The molecule has 0 bridgehead atoms. The lowest BCUT2D eigenvalue weighted by molar-refractivity contribution is 0.589. The summed E-state index contributed by atoms with van der Waals surface area (Å²) in [6.45, 7) is 0.180. The molecular weight excluding hydrogens is 259 g/mol. The Hall–Kier alpha value is -1.44. The molecule has 0 aliphatic carbocycles. The van der Waals surface area contributed by atoms with Crippen molar-refractivity contribution in [1.82, 2.24) is 9.97 Å². The van der Waals surface area contributed by atoms with E-state index in [2.05, 4.69) is 20.6 Å². The lowest BCUT2D eigenvalue weighted by Crippen LogP contribution is -2.25. The van der Waals surface area contributed by atoms with Crippen LogP contribution in [0.15, 0.2) is 6.20 Å². The van der Waals surface area contributed by atoms with Gasteiger partial charge in [-0.3, -0.25) is 0 Å². The van der Waals surface area contributed by atoms with Crippen LogP contribution in [0.2, 0.25) is 0 Å². The van der Waals surface area contributed by atoms with Crippen molar-refractivity contribution >= 4 is 21.6 Å². The molecule has 1 aliphatic rings. The van der Waals surface area contributed by atoms with Crippen LogP contribution in [0.4, 0.5) is 16.2 Å². The molecular formula is C10H15FN4O2S. The summed E-state index contributed by atoms with van der Waals surface area (Å²) >= 11 is 0. The van der Waals surface area contributed by atoms with Crippen LogP contribution in [0, 0.1) is 5.82 Å². The molecule has 0 spiro atoms. The number of anilines is 2. The molecule has 2 heterocycles. The first kappa shape index (κ1) is 13.0. The van der Waals surface area contributed by atoms with Gasteiger partial charge in [-0.1, -0.05) is 0 Å². The molecule has 2 rings (SSSR count). The van der Waals surface area contributed by atoms with Gasteiger partial charge in [0.15, 0.2) is 21.5 Å². The van der Waals surface area contributed by atoms with Crippen molar-refractivity contribution in [1.29, 1.82) is 0 Å². The van der Waals surface area contributed by atoms with E-state index in [1.165, 1.54) is 0 Å². The average Bonchev–Trinajstić information content (AvgIpc) is 2.67. The number of halogens is 1. The van der Waals surface area contributed by atoms with E-state index < -0.39 is 20.9 Å². The third-order valence-electron chi connectivity index (χ3n) is 2.93. The van der Waals surface area contributed by atoms with E-state index in [-0.39, 0.29) is 24.1 Å². The molecule has 1 unspecified atom stereocenters. The zero-order chi connectivity index (χ0) is 13.2. The van der Waals surface area contributed by atoms with Crippen LogP contribution < -0.4 is 10.6 Å². The van der Waals surface area contributed by atoms with Gasteiger partial charge < -0.3 is 10.6 Å². The Labute approximate surface area is 105 Å². The van der Waals surface area contributed by atoms with Gasteiger partial charge in [0.25, 0.3) is 0 Å². The standard InChI is InChI=1S/C10H15FN4O2S/c1-12-10-14-6-8(11)9(15-10)13-5-7-3-2-4-18(7,16)17/h6-7H,2-5H2,1H3,(H2,12,13,14,15). The number of hydrogen-bond acceptors (Lipinski definition) is 6. The molecule has 18 heavy (non-hydrogen) atoms. The molecule has 0 radical (unpaired) electrons. The molecule has 100 valence electrons. The second-order valence-corrected chi connectivity index (χ2v) is 6.55.